The van der Waals surface area contributed by atoms with E-state index in [0.29, 0.717) is 12.1 Å². The van der Waals surface area contributed by atoms with Crippen LogP contribution in [0.2, 0.25) is 0 Å². The maximum Gasteiger partial charge on any atom is 0.260 e. The van der Waals surface area contributed by atoms with Gasteiger partial charge in [0.25, 0.3) is 10.0 Å². The van der Waals surface area contributed by atoms with Crippen LogP contribution < -0.4 is 5.73 Å². The predicted molar refractivity (Wildman–Crippen MR) is 72.9 cm³/mol. The van der Waals surface area contributed by atoms with E-state index in [2.05, 4.69) is 17.1 Å². The van der Waals surface area contributed by atoms with Crippen molar-refractivity contribution in [1.29, 1.82) is 0 Å². The third-order valence-corrected chi connectivity index (χ3v) is 5.63. The van der Waals surface area contributed by atoms with Gasteiger partial charge in [0.1, 0.15) is 0 Å². The van der Waals surface area contributed by atoms with Crippen molar-refractivity contribution < 1.29 is 8.42 Å². The first-order valence-electron chi connectivity index (χ1n) is 6.85. The third-order valence-electron chi connectivity index (χ3n) is 3.66. The zero-order valence-corrected chi connectivity index (χ0v) is 12.1. The number of sulfonamides is 1. The van der Waals surface area contributed by atoms with Crippen molar-refractivity contribution in [2.75, 3.05) is 6.54 Å². The number of hydrogen-bond acceptors (Lipinski definition) is 4. The molecule has 1 unspecified atom stereocenters. The normalized spacial score (nSPS) is 21.7. The van der Waals surface area contributed by atoms with Crippen LogP contribution in [-0.2, 0) is 16.6 Å². The number of nitrogens with one attached hydrogen (secondary N) is 1. The number of nitrogens with zero attached hydrogens (tertiary/aromatic N) is 2. The molecule has 1 fully saturated rings. The van der Waals surface area contributed by atoms with Crippen LogP contribution >= 0.6 is 0 Å². The Hall–Kier alpha value is -0.920. The van der Waals surface area contributed by atoms with Crippen molar-refractivity contribution in [3.63, 3.8) is 0 Å². The Morgan fingerprint density at radius 2 is 2.32 bits per heavy atom. The molecule has 0 spiro atoms. The molecule has 0 radical (unpaired) electrons. The molecule has 1 saturated heterocycles. The highest BCUT2D eigenvalue weighted by atomic mass is 32.2. The molecule has 0 saturated carbocycles. The van der Waals surface area contributed by atoms with Crippen LogP contribution in [0.4, 0.5) is 0 Å². The largest absolute Gasteiger partial charge is 0.326 e. The Labute approximate surface area is 114 Å². The lowest BCUT2D eigenvalue weighted by Crippen LogP contribution is -2.44. The molecular weight excluding hydrogens is 264 g/mol. The molecule has 2 heterocycles. The van der Waals surface area contributed by atoms with E-state index in [1.807, 2.05) is 0 Å². The minimum atomic E-state index is -3.50. The number of H-pyrrole nitrogens is 1. The lowest BCUT2D eigenvalue weighted by Gasteiger charge is -2.34. The smallest absolute Gasteiger partial charge is 0.260 e. The average molecular weight is 286 g/mol. The minimum absolute atomic E-state index is 0.109. The predicted octanol–water partition coefficient (Wildman–Crippen LogP) is 1.21. The van der Waals surface area contributed by atoms with Gasteiger partial charge in [-0.15, -0.1) is 0 Å². The van der Waals surface area contributed by atoms with Crippen molar-refractivity contribution in [2.24, 2.45) is 5.73 Å². The second-order valence-corrected chi connectivity index (χ2v) is 6.81. The van der Waals surface area contributed by atoms with Crippen LogP contribution in [0.1, 0.15) is 44.6 Å². The standard InChI is InChI=1S/C12H22N4O2S/c1-2-5-11-6-3-4-7-16(11)19(17,18)12-10(8-13)9-14-15-12/h9,11H,2-8,13H2,1H3,(H,14,15). The lowest BCUT2D eigenvalue weighted by atomic mass is 10.0. The highest BCUT2D eigenvalue weighted by Gasteiger charge is 2.35. The van der Waals surface area contributed by atoms with Gasteiger partial charge in [-0.05, 0) is 19.3 Å². The fraction of sp³-hybridized carbons (Fsp3) is 0.750. The Bertz CT molecular complexity index is 510. The number of aromatic amines is 1. The van der Waals surface area contributed by atoms with Gasteiger partial charge in [-0.2, -0.15) is 9.40 Å². The summed E-state index contributed by atoms with van der Waals surface area (Å²) in [5.41, 5.74) is 6.13. The number of rotatable bonds is 5. The van der Waals surface area contributed by atoms with Gasteiger partial charge in [-0.25, -0.2) is 8.42 Å². The SMILES string of the molecule is CCCC1CCCCN1S(=O)(=O)c1[nH]ncc1CN. The molecule has 2 rings (SSSR count). The third kappa shape index (κ3) is 2.82. The Balaban J connectivity index is 2.31. The van der Waals surface area contributed by atoms with Gasteiger partial charge >= 0.3 is 0 Å². The molecule has 1 aromatic rings. The summed E-state index contributed by atoms with van der Waals surface area (Å²) in [5, 5.41) is 6.58. The van der Waals surface area contributed by atoms with E-state index >= 15 is 0 Å². The molecular formula is C12H22N4O2S. The summed E-state index contributed by atoms with van der Waals surface area (Å²) in [6.45, 7) is 2.86. The maximum atomic E-state index is 12.7. The second-order valence-electron chi connectivity index (χ2n) is 4.98. The van der Waals surface area contributed by atoms with Crippen LogP contribution in [-0.4, -0.2) is 35.5 Å². The van der Waals surface area contributed by atoms with Crippen LogP contribution in [0.5, 0.6) is 0 Å². The first-order valence-corrected chi connectivity index (χ1v) is 8.29. The second kappa shape index (κ2) is 6.02. The molecule has 108 valence electrons. The summed E-state index contributed by atoms with van der Waals surface area (Å²) in [5.74, 6) is 0. The van der Waals surface area contributed by atoms with E-state index < -0.39 is 10.0 Å². The van der Waals surface area contributed by atoms with Gasteiger partial charge < -0.3 is 5.73 Å². The van der Waals surface area contributed by atoms with Gasteiger partial charge in [0.15, 0.2) is 5.03 Å². The van der Waals surface area contributed by atoms with E-state index in [1.54, 1.807) is 4.31 Å². The molecule has 7 heteroatoms. The van der Waals surface area contributed by atoms with Crippen molar-refractivity contribution in [3.8, 4) is 0 Å². The lowest BCUT2D eigenvalue weighted by molar-refractivity contribution is 0.239. The van der Waals surface area contributed by atoms with E-state index in [1.165, 1.54) is 6.20 Å². The summed E-state index contributed by atoms with van der Waals surface area (Å²) < 4.78 is 27.1. The Morgan fingerprint density at radius 3 is 3.00 bits per heavy atom. The molecule has 3 N–H and O–H groups in total. The molecule has 1 aliphatic heterocycles. The first kappa shape index (κ1) is 14.5. The highest BCUT2D eigenvalue weighted by molar-refractivity contribution is 7.89. The quantitative estimate of drug-likeness (QED) is 0.851. The van der Waals surface area contributed by atoms with Crippen molar-refractivity contribution in [2.45, 2.75) is 56.6 Å². The zero-order chi connectivity index (χ0) is 13.9. The number of hydrogen-bond donors (Lipinski definition) is 2. The van der Waals surface area contributed by atoms with Gasteiger partial charge in [0.2, 0.25) is 0 Å². The molecule has 19 heavy (non-hydrogen) atoms. The number of aromatic nitrogens is 2. The molecule has 0 amide bonds. The van der Waals surface area contributed by atoms with Crippen LogP contribution in [0.25, 0.3) is 0 Å². The number of nitrogens with two attached hydrogens (primary N) is 1. The average Bonchev–Trinajstić information content (AvgIpc) is 2.88. The van der Waals surface area contributed by atoms with Gasteiger partial charge in [0, 0.05) is 24.7 Å². The molecule has 0 aromatic carbocycles. The molecule has 1 aromatic heterocycles. The summed E-state index contributed by atoms with van der Waals surface area (Å²) in [6.07, 6.45) is 6.36. The van der Waals surface area contributed by atoms with E-state index in [-0.39, 0.29) is 17.6 Å². The minimum Gasteiger partial charge on any atom is -0.326 e. The highest BCUT2D eigenvalue weighted by Crippen LogP contribution is 2.28. The summed E-state index contributed by atoms with van der Waals surface area (Å²) in [6, 6.07) is 0.109. The van der Waals surface area contributed by atoms with Crippen LogP contribution in [0, 0.1) is 0 Å². The van der Waals surface area contributed by atoms with Gasteiger partial charge in [0.05, 0.1) is 6.20 Å². The van der Waals surface area contributed by atoms with Crippen LogP contribution in [0.3, 0.4) is 0 Å². The zero-order valence-electron chi connectivity index (χ0n) is 11.3. The molecule has 0 bridgehead atoms. The first-order chi connectivity index (χ1) is 9.11. The molecule has 0 aliphatic carbocycles. The summed E-state index contributed by atoms with van der Waals surface area (Å²) >= 11 is 0. The topological polar surface area (TPSA) is 92.1 Å². The van der Waals surface area contributed by atoms with E-state index in [0.717, 1.165) is 32.1 Å². The maximum absolute atomic E-state index is 12.7. The van der Waals surface area contributed by atoms with E-state index in [4.69, 9.17) is 5.73 Å². The Kier molecular flexibility index (Phi) is 4.59. The van der Waals surface area contributed by atoms with Gasteiger partial charge in [-0.3, -0.25) is 5.10 Å². The summed E-state index contributed by atoms with van der Waals surface area (Å²) in [7, 11) is -3.50. The fourth-order valence-corrected chi connectivity index (χ4v) is 4.54. The monoisotopic (exact) mass is 286 g/mol. The molecule has 1 atom stereocenters. The van der Waals surface area contributed by atoms with Crippen molar-refractivity contribution >= 4 is 10.0 Å². The van der Waals surface area contributed by atoms with Crippen LogP contribution in [0.15, 0.2) is 11.2 Å². The summed E-state index contributed by atoms with van der Waals surface area (Å²) in [4.78, 5) is 0. The fourth-order valence-electron chi connectivity index (χ4n) is 2.70. The van der Waals surface area contributed by atoms with Crippen molar-refractivity contribution in [1.82, 2.24) is 14.5 Å². The molecule has 1 aliphatic rings. The molecule has 6 nitrogen and oxygen atoms in total. The number of piperidine rings is 1. The van der Waals surface area contributed by atoms with Gasteiger partial charge in [-0.1, -0.05) is 19.8 Å². The van der Waals surface area contributed by atoms with E-state index in [9.17, 15) is 8.42 Å². The van der Waals surface area contributed by atoms with Crippen molar-refractivity contribution in [3.05, 3.63) is 11.8 Å². The Morgan fingerprint density at radius 1 is 1.53 bits per heavy atom.